The molecule has 0 saturated carbocycles. The van der Waals surface area contributed by atoms with E-state index in [-0.39, 0.29) is 0 Å². The van der Waals surface area contributed by atoms with Crippen LogP contribution >= 0.6 is 11.9 Å². The third-order valence-electron chi connectivity index (χ3n) is 6.92. The highest BCUT2D eigenvalue weighted by atomic mass is 32.2. The molecule has 0 aliphatic carbocycles. The second-order valence-electron chi connectivity index (χ2n) is 9.89. The average Bonchev–Trinajstić information content (AvgIpc) is 2.83. The topological polar surface area (TPSA) is 28.2 Å². The van der Waals surface area contributed by atoms with Crippen molar-refractivity contribution in [2.45, 2.75) is 57.8 Å². The van der Waals surface area contributed by atoms with Crippen LogP contribution in [0.15, 0.2) is 72.3 Å². The first-order valence-corrected chi connectivity index (χ1v) is 13.1. The van der Waals surface area contributed by atoms with Crippen molar-refractivity contribution in [3.05, 3.63) is 72.9 Å². The van der Waals surface area contributed by atoms with E-state index >= 15 is 0 Å². The van der Waals surface area contributed by atoms with Gasteiger partial charge in [-0.2, -0.15) is 0 Å². The predicted molar refractivity (Wildman–Crippen MR) is 144 cm³/mol. The first-order chi connectivity index (χ1) is 16.0. The van der Waals surface area contributed by atoms with Gasteiger partial charge in [0, 0.05) is 36.1 Å². The summed E-state index contributed by atoms with van der Waals surface area (Å²) in [5.74, 6) is 0.772. The lowest BCUT2D eigenvalue weighted by molar-refractivity contribution is 0.102. The zero-order valence-electron chi connectivity index (χ0n) is 20.3. The van der Waals surface area contributed by atoms with Gasteiger partial charge in [-0.15, -0.1) is 0 Å². The molecule has 2 heterocycles. The average molecular weight is 460 g/mol. The van der Waals surface area contributed by atoms with E-state index in [9.17, 15) is 0 Å². The number of nitrogens with one attached hydrogen (secondary N) is 1. The molecule has 1 aromatic heterocycles. The fourth-order valence-electron chi connectivity index (χ4n) is 5.39. The van der Waals surface area contributed by atoms with Crippen LogP contribution in [0.5, 0.6) is 0 Å². The van der Waals surface area contributed by atoms with Crippen molar-refractivity contribution in [2.24, 2.45) is 11.3 Å². The van der Waals surface area contributed by atoms with Crippen LogP contribution in [-0.2, 0) is 0 Å². The number of likely N-dealkylation sites (tertiary alicyclic amines) is 1. The Hall–Kier alpha value is -2.46. The highest BCUT2D eigenvalue weighted by Crippen LogP contribution is 2.43. The van der Waals surface area contributed by atoms with E-state index in [1.165, 1.54) is 37.7 Å². The number of hydrogen-bond acceptors (Lipinski definition) is 4. The van der Waals surface area contributed by atoms with Crippen molar-refractivity contribution in [1.82, 2.24) is 9.88 Å². The van der Waals surface area contributed by atoms with Crippen molar-refractivity contribution < 1.29 is 0 Å². The normalized spacial score (nSPS) is 15.7. The molecular formula is C29H37N3S. The summed E-state index contributed by atoms with van der Waals surface area (Å²) < 4.78 is 3.48. The van der Waals surface area contributed by atoms with Gasteiger partial charge in [0.1, 0.15) is 0 Å². The molecular weight excluding hydrogens is 422 g/mol. The molecule has 0 atom stereocenters. The fourth-order valence-corrected chi connectivity index (χ4v) is 6.17. The molecule has 1 fully saturated rings. The van der Waals surface area contributed by atoms with Crippen molar-refractivity contribution in [2.75, 3.05) is 17.8 Å². The number of fused-ring (bicyclic) bond motifs is 1. The van der Waals surface area contributed by atoms with Crippen LogP contribution in [0.1, 0.15) is 58.4 Å². The Bertz CT molecular complexity index is 1060. The van der Waals surface area contributed by atoms with Crippen LogP contribution in [0.25, 0.3) is 16.6 Å². The number of benzene rings is 2. The molecule has 0 amide bonds. The van der Waals surface area contributed by atoms with Crippen molar-refractivity contribution >= 4 is 34.2 Å². The lowest BCUT2D eigenvalue weighted by Gasteiger charge is -2.44. The first kappa shape index (κ1) is 23.7. The molecule has 0 spiro atoms. The van der Waals surface area contributed by atoms with Crippen LogP contribution in [0.2, 0.25) is 0 Å². The van der Waals surface area contributed by atoms with E-state index in [2.05, 4.69) is 90.5 Å². The van der Waals surface area contributed by atoms with Crippen LogP contribution in [0.4, 0.5) is 5.69 Å². The number of aromatic nitrogens is 1. The molecule has 4 heteroatoms. The minimum atomic E-state index is 0.529. The number of hydrogen-bond donors (Lipinski definition) is 1. The zero-order valence-corrected chi connectivity index (χ0v) is 21.1. The highest BCUT2D eigenvalue weighted by molar-refractivity contribution is 8.00. The third kappa shape index (κ3) is 5.73. The van der Waals surface area contributed by atoms with Crippen LogP contribution in [0.3, 0.4) is 0 Å². The Morgan fingerprint density at radius 2 is 1.82 bits per heavy atom. The summed E-state index contributed by atoms with van der Waals surface area (Å²) in [6.07, 6.45) is 8.42. The number of piperidine rings is 1. The van der Waals surface area contributed by atoms with Crippen molar-refractivity contribution in [1.29, 1.82) is 0 Å². The Morgan fingerprint density at radius 3 is 2.52 bits per heavy atom. The Labute approximate surface area is 203 Å². The molecule has 1 aliphatic heterocycles. The van der Waals surface area contributed by atoms with E-state index in [0.29, 0.717) is 5.41 Å². The molecule has 174 valence electrons. The monoisotopic (exact) mass is 459 g/mol. The molecule has 0 bridgehead atoms. The summed E-state index contributed by atoms with van der Waals surface area (Å²) in [5.41, 5.74) is 5.01. The van der Waals surface area contributed by atoms with Gasteiger partial charge in [0.25, 0.3) is 0 Å². The number of nitrogens with zero attached hydrogens (tertiary/aromatic N) is 2. The maximum Gasteiger partial charge on any atom is 0.0855 e. The lowest BCUT2D eigenvalue weighted by atomic mass is 9.70. The van der Waals surface area contributed by atoms with E-state index in [4.69, 9.17) is 0 Å². The molecule has 4 rings (SSSR count). The number of para-hydroxylation sites is 1. The number of anilines is 1. The van der Waals surface area contributed by atoms with Crippen molar-refractivity contribution in [3.8, 4) is 0 Å². The minimum absolute atomic E-state index is 0.529. The molecule has 1 N–H and O–H groups in total. The maximum absolute atomic E-state index is 4.54. The summed E-state index contributed by atoms with van der Waals surface area (Å²) in [5, 5.41) is 1.16. The molecule has 1 aliphatic rings. The summed E-state index contributed by atoms with van der Waals surface area (Å²) in [4.78, 5) is 8.17. The molecule has 0 radical (unpaired) electrons. The number of rotatable bonds is 9. The van der Waals surface area contributed by atoms with Gasteiger partial charge in [-0.05, 0) is 78.8 Å². The van der Waals surface area contributed by atoms with E-state index < -0.39 is 0 Å². The van der Waals surface area contributed by atoms with Gasteiger partial charge in [0.2, 0.25) is 0 Å². The Balaban J connectivity index is 1.36. The van der Waals surface area contributed by atoms with Gasteiger partial charge < -0.3 is 9.62 Å². The predicted octanol–water partition coefficient (Wildman–Crippen LogP) is 8.25. The van der Waals surface area contributed by atoms with Gasteiger partial charge in [0.15, 0.2) is 0 Å². The van der Waals surface area contributed by atoms with Gasteiger partial charge >= 0.3 is 0 Å². The lowest BCUT2D eigenvalue weighted by Crippen LogP contribution is -2.39. The SMILES string of the molecule is C=C(c1ccc(NSc2cccc3cccnc23)cc1)N1CCC(CCC)(CC(C)C)CC1. The third-order valence-corrected chi connectivity index (χ3v) is 7.81. The van der Waals surface area contributed by atoms with Crippen molar-refractivity contribution in [3.63, 3.8) is 0 Å². The van der Waals surface area contributed by atoms with E-state index in [1.54, 1.807) is 11.9 Å². The fraction of sp³-hybridized carbons (Fsp3) is 0.414. The second kappa shape index (κ2) is 10.6. The van der Waals surface area contributed by atoms with E-state index in [0.717, 1.165) is 46.2 Å². The minimum Gasteiger partial charge on any atom is -0.371 e. The molecule has 3 nitrogen and oxygen atoms in total. The smallest absolute Gasteiger partial charge is 0.0855 e. The summed E-state index contributed by atoms with van der Waals surface area (Å²) in [7, 11) is 0. The van der Waals surface area contributed by atoms with Gasteiger partial charge in [-0.25, -0.2) is 0 Å². The molecule has 3 aromatic rings. The standard InChI is InChI=1S/C29H37N3S/c1-5-15-29(21-22(2)3)16-19-32(20-17-29)23(4)24-11-13-26(14-12-24)31-33-27-10-6-8-25-9-7-18-30-28(25)27/h6-14,18,22,31H,4-5,15-17,19-21H2,1-3H3. The van der Waals surface area contributed by atoms with Crippen LogP contribution < -0.4 is 4.72 Å². The Kier molecular flexibility index (Phi) is 7.64. The van der Waals surface area contributed by atoms with Crippen LogP contribution in [-0.4, -0.2) is 23.0 Å². The molecule has 0 unspecified atom stereocenters. The molecule has 33 heavy (non-hydrogen) atoms. The zero-order chi connectivity index (χ0) is 23.3. The number of pyridine rings is 1. The largest absolute Gasteiger partial charge is 0.371 e. The van der Waals surface area contributed by atoms with Crippen LogP contribution in [0, 0.1) is 11.3 Å². The highest BCUT2D eigenvalue weighted by Gasteiger charge is 2.34. The quantitative estimate of drug-likeness (QED) is 0.326. The maximum atomic E-state index is 4.54. The van der Waals surface area contributed by atoms with Gasteiger partial charge in [-0.1, -0.05) is 64.1 Å². The summed E-state index contributed by atoms with van der Waals surface area (Å²) in [6, 6.07) is 19.0. The molecule has 2 aromatic carbocycles. The van der Waals surface area contributed by atoms with E-state index in [1.807, 2.05) is 12.3 Å². The van der Waals surface area contributed by atoms with Gasteiger partial charge in [-0.3, -0.25) is 4.98 Å². The van der Waals surface area contributed by atoms with Gasteiger partial charge in [0.05, 0.1) is 10.4 Å². The second-order valence-corrected chi connectivity index (χ2v) is 10.7. The molecule has 1 saturated heterocycles. The summed E-state index contributed by atoms with van der Waals surface area (Å²) >= 11 is 1.61. The first-order valence-electron chi connectivity index (χ1n) is 12.3. The Morgan fingerprint density at radius 1 is 1.09 bits per heavy atom. The summed E-state index contributed by atoms with van der Waals surface area (Å²) in [6.45, 7) is 13.8.